The van der Waals surface area contributed by atoms with Gasteiger partial charge in [-0.1, -0.05) is 25.5 Å². The lowest BCUT2D eigenvalue weighted by Crippen LogP contribution is -2.31. The first-order chi connectivity index (χ1) is 14.0. The fourth-order valence-corrected chi connectivity index (χ4v) is 3.40. The second-order valence-corrected chi connectivity index (χ2v) is 7.04. The average Bonchev–Trinajstić information content (AvgIpc) is 2.99. The van der Waals surface area contributed by atoms with Crippen molar-refractivity contribution in [3.05, 3.63) is 64.7 Å². The average molecular weight is 394 g/mol. The molecule has 3 rings (SSSR count). The molecule has 0 atom stereocenters. The minimum absolute atomic E-state index is 0.168. The molecular weight excluding hydrogens is 368 g/mol. The molecule has 0 aliphatic carbocycles. The molecule has 29 heavy (non-hydrogen) atoms. The number of benzene rings is 2. The van der Waals surface area contributed by atoms with Crippen LogP contribution in [0.3, 0.4) is 0 Å². The molecule has 0 radical (unpaired) electrons. The van der Waals surface area contributed by atoms with Crippen molar-refractivity contribution in [1.29, 1.82) is 0 Å². The summed E-state index contributed by atoms with van der Waals surface area (Å²) >= 11 is 0. The first-order valence-electron chi connectivity index (χ1n) is 9.92. The Labute approximate surface area is 171 Å². The highest BCUT2D eigenvalue weighted by atomic mass is 16.5. The zero-order valence-corrected chi connectivity index (χ0v) is 17.1. The Balaban J connectivity index is 1.79. The number of nitrogens with zero attached hydrogens (tertiary/aromatic N) is 2. The maximum atomic E-state index is 13.0. The number of unbranched alkanes of at least 4 members (excludes halogenated alkanes) is 1. The maximum Gasteiger partial charge on any atom is 0.261 e. The van der Waals surface area contributed by atoms with Gasteiger partial charge in [0.05, 0.1) is 18.2 Å². The van der Waals surface area contributed by atoms with Gasteiger partial charge in [0.25, 0.3) is 17.7 Å². The lowest BCUT2D eigenvalue weighted by Gasteiger charge is -2.21. The quantitative estimate of drug-likeness (QED) is 0.640. The Hall–Kier alpha value is -3.15. The highest BCUT2D eigenvalue weighted by Crippen LogP contribution is 2.25. The lowest BCUT2D eigenvalue weighted by atomic mass is 10.0. The van der Waals surface area contributed by atoms with E-state index in [2.05, 4.69) is 0 Å². The largest absolute Gasteiger partial charge is 0.497 e. The van der Waals surface area contributed by atoms with Crippen LogP contribution in [0.25, 0.3) is 0 Å². The van der Waals surface area contributed by atoms with Gasteiger partial charge in [0.1, 0.15) is 5.75 Å². The summed E-state index contributed by atoms with van der Waals surface area (Å²) in [6.45, 7) is 5.31. The molecule has 6 heteroatoms. The van der Waals surface area contributed by atoms with Gasteiger partial charge in [0.2, 0.25) is 0 Å². The van der Waals surface area contributed by atoms with E-state index in [1.54, 1.807) is 30.2 Å². The molecule has 3 amide bonds. The third-order valence-corrected chi connectivity index (χ3v) is 5.15. The van der Waals surface area contributed by atoms with E-state index < -0.39 is 0 Å². The molecule has 0 spiro atoms. The second kappa shape index (κ2) is 8.90. The summed E-state index contributed by atoms with van der Waals surface area (Å²) < 4.78 is 5.17. The number of ether oxygens (including phenoxy) is 1. The van der Waals surface area contributed by atoms with E-state index in [1.165, 1.54) is 4.90 Å². The van der Waals surface area contributed by atoms with Crippen LogP contribution in [0.1, 0.15) is 63.3 Å². The van der Waals surface area contributed by atoms with E-state index in [0.717, 1.165) is 24.2 Å². The van der Waals surface area contributed by atoms with Crippen molar-refractivity contribution in [2.75, 3.05) is 20.2 Å². The summed E-state index contributed by atoms with van der Waals surface area (Å²) in [5.74, 6) is 0.00487. The predicted octanol–water partition coefficient (Wildman–Crippen LogP) is 3.75. The summed E-state index contributed by atoms with van der Waals surface area (Å²) in [5, 5.41) is 0. The number of rotatable bonds is 8. The molecule has 2 aromatic rings. The van der Waals surface area contributed by atoms with Gasteiger partial charge in [-0.15, -0.1) is 0 Å². The Morgan fingerprint density at radius 1 is 1.00 bits per heavy atom. The number of hydrogen-bond donors (Lipinski definition) is 0. The molecule has 0 saturated heterocycles. The van der Waals surface area contributed by atoms with Crippen molar-refractivity contribution in [1.82, 2.24) is 9.80 Å². The molecule has 1 aliphatic rings. The summed E-state index contributed by atoms with van der Waals surface area (Å²) in [5.41, 5.74) is 2.09. The van der Waals surface area contributed by atoms with Crippen molar-refractivity contribution < 1.29 is 19.1 Å². The minimum Gasteiger partial charge on any atom is -0.497 e. The summed E-state index contributed by atoms with van der Waals surface area (Å²) in [7, 11) is 1.61. The number of fused-ring (bicyclic) bond motifs is 1. The van der Waals surface area contributed by atoms with E-state index >= 15 is 0 Å². The van der Waals surface area contributed by atoms with Crippen molar-refractivity contribution in [3.63, 3.8) is 0 Å². The summed E-state index contributed by atoms with van der Waals surface area (Å²) in [6.07, 6.45) is 1.66. The highest BCUT2D eigenvalue weighted by molar-refractivity contribution is 6.22. The monoisotopic (exact) mass is 394 g/mol. The Bertz CT molecular complexity index is 921. The standard InChI is InChI=1S/C23H26N2O4/c1-4-6-13-25-22(27)19-12-9-17(14-20(19)23(25)28)21(26)24(5-2)15-16-7-10-18(29-3)11-8-16/h7-12,14H,4-6,13,15H2,1-3H3. The molecule has 0 unspecified atom stereocenters. The molecule has 1 aliphatic heterocycles. The van der Waals surface area contributed by atoms with Gasteiger partial charge in [-0.3, -0.25) is 19.3 Å². The van der Waals surface area contributed by atoms with Gasteiger partial charge in [-0.25, -0.2) is 0 Å². The van der Waals surface area contributed by atoms with Gasteiger partial charge in [-0.2, -0.15) is 0 Å². The SMILES string of the molecule is CCCCN1C(=O)c2ccc(C(=O)N(CC)Cc3ccc(OC)cc3)cc2C1=O. The molecule has 6 nitrogen and oxygen atoms in total. The van der Waals surface area contributed by atoms with Crippen LogP contribution in [0.15, 0.2) is 42.5 Å². The van der Waals surface area contributed by atoms with E-state index in [1.807, 2.05) is 38.1 Å². The fraction of sp³-hybridized carbons (Fsp3) is 0.348. The number of amides is 3. The van der Waals surface area contributed by atoms with Gasteiger partial charge >= 0.3 is 0 Å². The van der Waals surface area contributed by atoms with E-state index in [9.17, 15) is 14.4 Å². The van der Waals surface area contributed by atoms with Crippen LogP contribution in [0.4, 0.5) is 0 Å². The number of carbonyl (C=O) groups excluding carboxylic acids is 3. The second-order valence-electron chi connectivity index (χ2n) is 7.04. The normalized spacial score (nSPS) is 12.9. The van der Waals surface area contributed by atoms with Gasteiger partial charge in [0, 0.05) is 25.2 Å². The van der Waals surface area contributed by atoms with Crippen LogP contribution in [0.5, 0.6) is 5.75 Å². The van der Waals surface area contributed by atoms with Gasteiger partial charge in [0.15, 0.2) is 0 Å². The molecule has 0 saturated carbocycles. The van der Waals surface area contributed by atoms with Crippen molar-refractivity contribution in [2.24, 2.45) is 0 Å². The molecule has 0 fully saturated rings. The maximum absolute atomic E-state index is 13.0. The van der Waals surface area contributed by atoms with E-state index in [-0.39, 0.29) is 17.7 Å². The first-order valence-corrected chi connectivity index (χ1v) is 9.92. The predicted molar refractivity (Wildman–Crippen MR) is 110 cm³/mol. The minimum atomic E-state index is -0.314. The Morgan fingerprint density at radius 2 is 1.69 bits per heavy atom. The highest BCUT2D eigenvalue weighted by Gasteiger charge is 2.35. The molecule has 0 N–H and O–H groups in total. The van der Waals surface area contributed by atoms with E-state index in [0.29, 0.717) is 36.3 Å². The summed E-state index contributed by atoms with van der Waals surface area (Å²) in [6, 6.07) is 12.3. The molecule has 0 aromatic heterocycles. The van der Waals surface area contributed by atoms with Crippen LogP contribution in [0.2, 0.25) is 0 Å². The smallest absolute Gasteiger partial charge is 0.261 e. The first kappa shape index (κ1) is 20.6. The van der Waals surface area contributed by atoms with Crippen LogP contribution in [0, 0.1) is 0 Å². The Kier molecular flexibility index (Phi) is 6.32. The number of carbonyl (C=O) groups is 3. The van der Waals surface area contributed by atoms with Crippen LogP contribution < -0.4 is 4.74 Å². The zero-order valence-electron chi connectivity index (χ0n) is 17.1. The topological polar surface area (TPSA) is 66.9 Å². The molecular formula is C23H26N2O4. The number of methoxy groups -OCH3 is 1. The van der Waals surface area contributed by atoms with Crippen molar-refractivity contribution in [3.8, 4) is 5.75 Å². The third kappa shape index (κ3) is 4.16. The third-order valence-electron chi connectivity index (χ3n) is 5.15. The molecule has 1 heterocycles. The van der Waals surface area contributed by atoms with Gasteiger partial charge < -0.3 is 9.64 Å². The molecule has 0 bridgehead atoms. The lowest BCUT2D eigenvalue weighted by molar-refractivity contribution is 0.0652. The van der Waals surface area contributed by atoms with Crippen LogP contribution >= 0.6 is 0 Å². The van der Waals surface area contributed by atoms with Crippen molar-refractivity contribution in [2.45, 2.75) is 33.2 Å². The number of imide groups is 1. The summed E-state index contributed by atoms with van der Waals surface area (Å²) in [4.78, 5) is 41.1. The fourth-order valence-electron chi connectivity index (χ4n) is 3.40. The van der Waals surface area contributed by atoms with Crippen LogP contribution in [-0.4, -0.2) is 47.7 Å². The molecule has 152 valence electrons. The van der Waals surface area contributed by atoms with Gasteiger partial charge in [-0.05, 0) is 49.2 Å². The number of hydrogen-bond acceptors (Lipinski definition) is 4. The van der Waals surface area contributed by atoms with Crippen molar-refractivity contribution >= 4 is 17.7 Å². The Morgan fingerprint density at radius 3 is 2.31 bits per heavy atom. The molecule has 2 aromatic carbocycles. The van der Waals surface area contributed by atoms with E-state index in [4.69, 9.17) is 4.74 Å². The van der Waals surface area contributed by atoms with Crippen LogP contribution in [-0.2, 0) is 6.54 Å². The zero-order chi connectivity index (χ0) is 21.0.